The van der Waals surface area contributed by atoms with E-state index in [1.165, 1.54) is 0 Å². The number of nitrogens with two attached hydrogens (primary N) is 1. The molecule has 1 atom stereocenters. The molecular formula is C13H17N3O2. The standard InChI is InChI=1S/C13H17N3O2/c1-8-2-4-10(5-3-8)13(17)15-11(9-6-7-9)12(14)16-18/h2-5,9,11,18H,6-7H2,1H3,(H2,14,16)(H,15,17). The average Bonchev–Trinajstić information content (AvgIpc) is 3.20. The number of carbonyl (C=O) groups excluding carboxylic acids is 1. The molecule has 1 aromatic rings. The molecule has 1 amide bonds. The van der Waals surface area contributed by atoms with Gasteiger partial charge in [0.05, 0.1) is 6.04 Å². The maximum absolute atomic E-state index is 12.0. The van der Waals surface area contributed by atoms with Crippen LogP contribution in [0.15, 0.2) is 29.4 Å². The van der Waals surface area contributed by atoms with Gasteiger partial charge in [-0.2, -0.15) is 0 Å². The minimum atomic E-state index is -0.371. The lowest BCUT2D eigenvalue weighted by atomic mass is 10.1. The fourth-order valence-electron chi connectivity index (χ4n) is 1.85. The molecule has 0 saturated heterocycles. The molecule has 0 radical (unpaired) electrons. The number of nitrogens with one attached hydrogen (secondary N) is 1. The van der Waals surface area contributed by atoms with Gasteiger partial charge in [-0.05, 0) is 37.8 Å². The average molecular weight is 247 g/mol. The van der Waals surface area contributed by atoms with Crippen molar-refractivity contribution in [2.75, 3.05) is 0 Å². The second-order valence-electron chi connectivity index (χ2n) is 4.68. The van der Waals surface area contributed by atoms with Crippen molar-refractivity contribution in [3.8, 4) is 0 Å². The zero-order valence-corrected chi connectivity index (χ0v) is 10.3. The van der Waals surface area contributed by atoms with Crippen LogP contribution in [0.4, 0.5) is 0 Å². The number of hydrogen-bond donors (Lipinski definition) is 3. The Bertz CT molecular complexity index is 464. The highest BCUT2D eigenvalue weighted by molar-refractivity contribution is 5.98. The van der Waals surface area contributed by atoms with Crippen molar-refractivity contribution in [3.63, 3.8) is 0 Å². The van der Waals surface area contributed by atoms with Crippen molar-refractivity contribution in [1.29, 1.82) is 0 Å². The first-order valence-electron chi connectivity index (χ1n) is 5.96. The molecule has 0 aromatic heterocycles. The molecule has 1 aliphatic rings. The van der Waals surface area contributed by atoms with Gasteiger partial charge < -0.3 is 16.3 Å². The molecule has 5 heteroatoms. The normalized spacial score (nSPS) is 17.3. The summed E-state index contributed by atoms with van der Waals surface area (Å²) in [6, 6.07) is 6.92. The van der Waals surface area contributed by atoms with Gasteiger partial charge in [-0.1, -0.05) is 22.9 Å². The van der Waals surface area contributed by atoms with Crippen LogP contribution in [0.5, 0.6) is 0 Å². The molecule has 2 rings (SSSR count). The Kier molecular flexibility index (Phi) is 3.50. The Morgan fingerprint density at radius 3 is 2.56 bits per heavy atom. The van der Waals surface area contributed by atoms with E-state index in [1.54, 1.807) is 12.1 Å². The molecule has 1 saturated carbocycles. The summed E-state index contributed by atoms with van der Waals surface area (Å²) in [5, 5.41) is 14.5. The summed E-state index contributed by atoms with van der Waals surface area (Å²) in [5.74, 6) is 0.159. The molecule has 1 unspecified atom stereocenters. The topological polar surface area (TPSA) is 87.7 Å². The summed E-state index contributed by atoms with van der Waals surface area (Å²) < 4.78 is 0. The highest BCUT2D eigenvalue weighted by atomic mass is 16.4. The molecule has 1 aliphatic carbocycles. The molecule has 5 nitrogen and oxygen atoms in total. The van der Waals surface area contributed by atoms with Gasteiger partial charge in [0, 0.05) is 5.56 Å². The number of rotatable bonds is 4. The van der Waals surface area contributed by atoms with Gasteiger partial charge in [0.25, 0.3) is 5.91 Å². The molecule has 0 spiro atoms. The lowest BCUT2D eigenvalue weighted by Crippen LogP contribution is -2.46. The number of oxime groups is 1. The van der Waals surface area contributed by atoms with Crippen molar-refractivity contribution in [2.45, 2.75) is 25.8 Å². The zero-order chi connectivity index (χ0) is 13.1. The van der Waals surface area contributed by atoms with E-state index >= 15 is 0 Å². The number of amides is 1. The molecule has 0 heterocycles. The smallest absolute Gasteiger partial charge is 0.251 e. The molecule has 0 bridgehead atoms. The summed E-state index contributed by atoms with van der Waals surface area (Å²) in [6.45, 7) is 1.96. The van der Waals surface area contributed by atoms with Crippen LogP contribution in [-0.2, 0) is 0 Å². The lowest BCUT2D eigenvalue weighted by Gasteiger charge is -2.16. The maximum atomic E-state index is 12.0. The van der Waals surface area contributed by atoms with Crippen LogP contribution in [0, 0.1) is 12.8 Å². The van der Waals surface area contributed by atoms with Crippen molar-refractivity contribution < 1.29 is 10.0 Å². The SMILES string of the molecule is Cc1ccc(C(=O)NC(C(N)=NO)C2CC2)cc1. The van der Waals surface area contributed by atoms with Gasteiger partial charge in [0.1, 0.15) is 0 Å². The Morgan fingerprint density at radius 2 is 2.06 bits per heavy atom. The van der Waals surface area contributed by atoms with Crippen molar-refractivity contribution in [3.05, 3.63) is 35.4 Å². The molecule has 1 fully saturated rings. The van der Waals surface area contributed by atoms with Crippen molar-refractivity contribution >= 4 is 11.7 Å². The van der Waals surface area contributed by atoms with Gasteiger partial charge in [-0.3, -0.25) is 4.79 Å². The summed E-state index contributed by atoms with van der Waals surface area (Å²) >= 11 is 0. The zero-order valence-electron chi connectivity index (χ0n) is 10.3. The Balaban J connectivity index is 2.07. The van der Waals surface area contributed by atoms with E-state index < -0.39 is 0 Å². The van der Waals surface area contributed by atoms with Gasteiger partial charge in [0.2, 0.25) is 0 Å². The molecule has 4 N–H and O–H groups in total. The first-order valence-corrected chi connectivity index (χ1v) is 5.96. The molecule has 0 aliphatic heterocycles. The highest BCUT2D eigenvalue weighted by Crippen LogP contribution is 2.32. The summed E-state index contributed by atoms with van der Waals surface area (Å²) in [5.41, 5.74) is 7.27. The molecule has 96 valence electrons. The van der Waals surface area contributed by atoms with Gasteiger partial charge in [0.15, 0.2) is 5.84 Å². The minimum Gasteiger partial charge on any atom is -0.409 e. The van der Waals surface area contributed by atoms with Crippen molar-refractivity contribution in [2.24, 2.45) is 16.8 Å². The number of benzene rings is 1. The van der Waals surface area contributed by atoms with E-state index in [-0.39, 0.29) is 23.7 Å². The van der Waals surface area contributed by atoms with Crippen LogP contribution in [-0.4, -0.2) is 23.0 Å². The van der Waals surface area contributed by atoms with Crippen molar-refractivity contribution in [1.82, 2.24) is 5.32 Å². The fourth-order valence-corrected chi connectivity index (χ4v) is 1.85. The predicted octanol–water partition coefficient (Wildman–Crippen LogP) is 1.25. The summed E-state index contributed by atoms with van der Waals surface area (Å²) in [7, 11) is 0. The van der Waals surface area contributed by atoms with Crippen LogP contribution in [0.3, 0.4) is 0 Å². The molecular weight excluding hydrogens is 230 g/mol. The Labute approximate surface area is 106 Å². The van der Waals surface area contributed by atoms with E-state index in [4.69, 9.17) is 10.9 Å². The van der Waals surface area contributed by atoms with E-state index in [1.807, 2.05) is 19.1 Å². The van der Waals surface area contributed by atoms with Gasteiger partial charge >= 0.3 is 0 Å². The number of aryl methyl sites for hydroxylation is 1. The largest absolute Gasteiger partial charge is 0.409 e. The molecule has 18 heavy (non-hydrogen) atoms. The fraction of sp³-hybridized carbons (Fsp3) is 0.385. The van der Waals surface area contributed by atoms with Crippen LogP contribution >= 0.6 is 0 Å². The third-order valence-electron chi connectivity index (χ3n) is 3.13. The first kappa shape index (κ1) is 12.4. The summed E-state index contributed by atoms with van der Waals surface area (Å²) in [6.07, 6.45) is 1.99. The van der Waals surface area contributed by atoms with Crippen LogP contribution in [0.1, 0.15) is 28.8 Å². The maximum Gasteiger partial charge on any atom is 0.251 e. The van der Waals surface area contributed by atoms with Crippen LogP contribution in [0.25, 0.3) is 0 Å². The quantitative estimate of drug-likeness (QED) is 0.324. The van der Waals surface area contributed by atoms with E-state index in [0.29, 0.717) is 5.56 Å². The third-order valence-corrected chi connectivity index (χ3v) is 3.13. The predicted molar refractivity (Wildman–Crippen MR) is 68.6 cm³/mol. The van der Waals surface area contributed by atoms with Crippen LogP contribution in [0.2, 0.25) is 0 Å². The van der Waals surface area contributed by atoms with Gasteiger partial charge in [-0.25, -0.2) is 0 Å². The highest BCUT2D eigenvalue weighted by Gasteiger charge is 2.35. The summed E-state index contributed by atoms with van der Waals surface area (Å²) in [4.78, 5) is 12.0. The number of hydrogen-bond acceptors (Lipinski definition) is 3. The number of amidine groups is 1. The second kappa shape index (κ2) is 5.08. The lowest BCUT2D eigenvalue weighted by molar-refractivity contribution is 0.0943. The van der Waals surface area contributed by atoms with E-state index in [2.05, 4.69) is 10.5 Å². The van der Waals surface area contributed by atoms with Crippen LogP contribution < -0.4 is 11.1 Å². The first-order chi connectivity index (χ1) is 8.61. The monoisotopic (exact) mass is 247 g/mol. The Morgan fingerprint density at radius 1 is 1.44 bits per heavy atom. The van der Waals surface area contributed by atoms with Gasteiger partial charge in [-0.15, -0.1) is 0 Å². The third kappa shape index (κ3) is 2.80. The van der Waals surface area contributed by atoms with E-state index in [0.717, 1.165) is 18.4 Å². The Hall–Kier alpha value is -2.04. The second-order valence-corrected chi connectivity index (χ2v) is 4.68. The number of carbonyl (C=O) groups is 1. The molecule has 1 aromatic carbocycles. The van der Waals surface area contributed by atoms with E-state index in [9.17, 15) is 4.79 Å². The number of nitrogens with zero attached hydrogens (tertiary/aromatic N) is 1. The minimum absolute atomic E-state index is 0.0676.